The third-order valence-electron chi connectivity index (χ3n) is 1.74. The van der Waals surface area contributed by atoms with Gasteiger partial charge in [-0.3, -0.25) is 4.79 Å². The van der Waals surface area contributed by atoms with Crippen LogP contribution in [0.5, 0.6) is 0 Å². The summed E-state index contributed by atoms with van der Waals surface area (Å²) < 4.78 is 0. The van der Waals surface area contributed by atoms with Crippen LogP contribution in [0.2, 0.25) is 0 Å². The van der Waals surface area contributed by atoms with Crippen LogP contribution in [0.15, 0.2) is 46.2 Å². The van der Waals surface area contributed by atoms with Crippen molar-refractivity contribution < 1.29 is 9.90 Å². The molecule has 20 heavy (non-hydrogen) atoms. The van der Waals surface area contributed by atoms with E-state index in [1.54, 1.807) is 33.8 Å². The third-order valence-corrected chi connectivity index (χ3v) is 1.74. The molecule has 0 amide bonds. The summed E-state index contributed by atoms with van der Waals surface area (Å²) in [6.45, 7) is 20.8. The molecule has 0 atom stereocenters. The fraction of sp³-hybridized carbons (Fsp3) is 0.438. The Morgan fingerprint density at radius 3 is 1.80 bits per heavy atom. The van der Waals surface area contributed by atoms with Crippen LogP contribution in [0.25, 0.3) is 0 Å². The van der Waals surface area contributed by atoms with Gasteiger partial charge in [0.05, 0.1) is 0 Å². The predicted octanol–water partition coefficient (Wildman–Crippen LogP) is 4.65. The van der Waals surface area contributed by atoms with Gasteiger partial charge in [0.1, 0.15) is 5.84 Å². The van der Waals surface area contributed by atoms with Gasteiger partial charge in [-0.1, -0.05) is 19.6 Å². The first kappa shape index (κ1) is 23.1. The van der Waals surface area contributed by atoms with E-state index >= 15 is 0 Å². The molecule has 0 aliphatic carbocycles. The number of ketones is 1. The Kier molecular flexibility index (Phi) is 17.5. The number of aliphatic hydroxyl groups is 1. The molecule has 0 unspecified atom stereocenters. The summed E-state index contributed by atoms with van der Waals surface area (Å²) in [6, 6.07) is 0. The second-order valence-electron chi connectivity index (χ2n) is 4.11. The molecule has 0 fully saturated rings. The minimum Gasteiger partial charge on any atom is -0.493 e. The Morgan fingerprint density at radius 2 is 1.65 bits per heavy atom. The van der Waals surface area contributed by atoms with Crippen LogP contribution in [0.3, 0.4) is 0 Å². The summed E-state index contributed by atoms with van der Waals surface area (Å²) in [6.07, 6.45) is 2.33. The van der Waals surface area contributed by atoms with E-state index in [-0.39, 0.29) is 11.7 Å². The maximum absolute atomic E-state index is 10.4. The average Bonchev–Trinajstić information content (AvgIpc) is 2.38. The molecular weight excluding hydrogens is 252 g/mol. The van der Waals surface area contributed by atoms with Crippen molar-refractivity contribution in [2.45, 2.75) is 48.0 Å². The van der Waals surface area contributed by atoms with Crippen LogP contribution in [-0.2, 0) is 4.79 Å². The maximum atomic E-state index is 10.4. The SMILES string of the molecule is C=C(C)C(=O)CC.C=CC.C=N/C(C)=N\C(O)=C(C)C. The highest BCUT2D eigenvalue weighted by Gasteiger charge is 1.93. The highest BCUT2D eigenvalue weighted by molar-refractivity contribution is 5.93. The van der Waals surface area contributed by atoms with E-state index in [2.05, 4.69) is 29.9 Å². The highest BCUT2D eigenvalue weighted by Crippen LogP contribution is 2.00. The van der Waals surface area contributed by atoms with Gasteiger partial charge in [-0.05, 0) is 52.5 Å². The summed E-state index contributed by atoms with van der Waals surface area (Å²) in [5.74, 6) is 0.642. The van der Waals surface area contributed by atoms with Crippen molar-refractivity contribution in [1.82, 2.24) is 0 Å². The lowest BCUT2D eigenvalue weighted by Crippen LogP contribution is -1.93. The number of carbonyl (C=O) groups excluding carboxylic acids is 1. The number of aliphatic imine (C=N–C) groups is 2. The first-order chi connectivity index (χ1) is 9.17. The van der Waals surface area contributed by atoms with Gasteiger partial charge in [-0.2, -0.15) is 4.99 Å². The first-order valence-corrected chi connectivity index (χ1v) is 6.31. The van der Waals surface area contributed by atoms with E-state index in [9.17, 15) is 4.79 Å². The van der Waals surface area contributed by atoms with Gasteiger partial charge in [0.2, 0.25) is 5.88 Å². The fourth-order valence-electron chi connectivity index (χ4n) is 0.602. The van der Waals surface area contributed by atoms with Crippen molar-refractivity contribution in [3.63, 3.8) is 0 Å². The largest absolute Gasteiger partial charge is 0.493 e. The molecule has 114 valence electrons. The zero-order valence-corrected chi connectivity index (χ0v) is 13.7. The smallest absolute Gasteiger partial charge is 0.211 e. The van der Waals surface area contributed by atoms with Crippen molar-refractivity contribution in [2.75, 3.05) is 0 Å². The molecule has 1 N–H and O–H groups in total. The second kappa shape index (κ2) is 15.1. The number of rotatable bonds is 3. The quantitative estimate of drug-likeness (QED) is 0.269. The third kappa shape index (κ3) is 18.4. The van der Waals surface area contributed by atoms with Gasteiger partial charge in [0.15, 0.2) is 5.78 Å². The normalized spacial score (nSPS) is 9.00. The van der Waals surface area contributed by atoms with E-state index in [0.29, 0.717) is 17.8 Å². The van der Waals surface area contributed by atoms with Crippen LogP contribution in [-0.4, -0.2) is 23.4 Å². The van der Waals surface area contributed by atoms with Gasteiger partial charge >= 0.3 is 0 Å². The van der Waals surface area contributed by atoms with Gasteiger partial charge in [-0.25, -0.2) is 4.99 Å². The molecule has 0 rings (SSSR count). The summed E-state index contributed by atoms with van der Waals surface area (Å²) in [5.41, 5.74) is 1.42. The van der Waals surface area contributed by atoms with Crippen molar-refractivity contribution in [2.24, 2.45) is 9.98 Å². The number of nitrogens with zero attached hydrogens (tertiary/aromatic N) is 2. The van der Waals surface area contributed by atoms with Crippen molar-refractivity contribution in [3.8, 4) is 0 Å². The molecule has 0 aromatic heterocycles. The number of hydrogen-bond acceptors (Lipinski definition) is 3. The molecule has 0 bridgehead atoms. The molecule has 0 aromatic carbocycles. The molecule has 0 aliphatic rings. The standard InChI is InChI=1S/C7H12N2O.C6H10O.C3H6/c1-5(2)7(10)9-6(3)8-4;1-4-6(7)5(2)3;1-3-2/h10H,4H2,1-3H3;2,4H2,1,3H3;3H,1H2,2H3/b9-6-;;. The lowest BCUT2D eigenvalue weighted by Gasteiger charge is -1.93. The minimum atomic E-state index is 0.0184. The number of allylic oxidation sites excluding steroid dienone is 3. The molecule has 0 radical (unpaired) electrons. The number of hydrogen-bond donors (Lipinski definition) is 1. The van der Waals surface area contributed by atoms with Crippen LogP contribution in [0.1, 0.15) is 48.0 Å². The molecule has 0 saturated carbocycles. The minimum absolute atomic E-state index is 0.0184. The number of carbonyl (C=O) groups is 1. The maximum Gasteiger partial charge on any atom is 0.211 e. The van der Waals surface area contributed by atoms with Crippen molar-refractivity contribution >= 4 is 18.3 Å². The van der Waals surface area contributed by atoms with Gasteiger partial charge in [0.25, 0.3) is 0 Å². The van der Waals surface area contributed by atoms with Gasteiger partial charge in [0, 0.05) is 6.42 Å². The average molecular weight is 280 g/mol. The van der Waals surface area contributed by atoms with Crippen LogP contribution in [0, 0.1) is 0 Å². The molecule has 0 saturated heterocycles. The summed E-state index contributed by atoms with van der Waals surface area (Å²) in [5, 5.41) is 9.03. The monoisotopic (exact) mass is 280 g/mol. The second-order valence-corrected chi connectivity index (χ2v) is 4.11. The Morgan fingerprint density at radius 1 is 1.25 bits per heavy atom. The molecule has 4 nitrogen and oxygen atoms in total. The Bertz CT molecular complexity index is 387. The molecule has 4 heteroatoms. The van der Waals surface area contributed by atoms with Gasteiger partial charge in [-0.15, -0.1) is 6.58 Å². The predicted molar refractivity (Wildman–Crippen MR) is 89.6 cm³/mol. The van der Waals surface area contributed by atoms with Crippen LogP contribution in [0.4, 0.5) is 0 Å². The number of aliphatic hydroxyl groups excluding tert-OH is 1. The lowest BCUT2D eigenvalue weighted by molar-refractivity contribution is -0.115. The van der Waals surface area contributed by atoms with E-state index in [1.807, 2.05) is 13.8 Å². The van der Waals surface area contributed by atoms with E-state index < -0.39 is 0 Å². The number of amidine groups is 1. The van der Waals surface area contributed by atoms with Gasteiger partial charge < -0.3 is 5.11 Å². The van der Waals surface area contributed by atoms with Crippen LogP contribution < -0.4 is 0 Å². The van der Waals surface area contributed by atoms with E-state index in [0.717, 1.165) is 5.57 Å². The Hall–Kier alpha value is -1.97. The summed E-state index contributed by atoms with van der Waals surface area (Å²) in [4.78, 5) is 17.6. The molecule has 0 spiro atoms. The summed E-state index contributed by atoms with van der Waals surface area (Å²) >= 11 is 0. The molecule has 0 aliphatic heterocycles. The van der Waals surface area contributed by atoms with Crippen molar-refractivity contribution in [3.05, 3.63) is 36.3 Å². The van der Waals surface area contributed by atoms with E-state index in [4.69, 9.17) is 5.11 Å². The Balaban J connectivity index is -0.000000251. The first-order valence-electron chi connectivity index (χ1n) is 6.31. The Labute approximate surface area is 123 Å². The molecule has 0 heterocycles. The zero-order valence-electron chi connectivity index (χ0n) is 13.7. The fourth-order valence-corrected chi connectivity index (χ4v) is 0.602. The zero-order chi connectivity index (χ0) is 16.7. The molecular formula is C16H28N2O2. The van der Waals surface area contributed by atoms with Crippen LogP contribution >= 0.6 is 0 Å². The van der Waals surface area contributed by atoms with E-state index in [1.165, 1.54) is 0 Å². The highest BCUT2D eigenvalue weighted by atomic mass is 16.3. The number of Topliss-reactive ketones (excluding diaryl/α,β-unsaturated/α-hetero) is 1. The lowest BCUT2D eigenvalue weighted by atomic mass is 10.2. The van der Waals surface area contributed by atoms with Crippen molar-refractivity contribution in [1.29, 1.82) is 0 Å². The topological polar surface area (TPSA) is 62.0 Å². The molecule has 0 aromatic rings. The summed E-state index contributed by atoms with van der Waals surface area (Å²) in [7, 11) is 0.